The molecule has 0 saturated carbocycles. The molecule has 2 aromatic carbocycles. The Morgan fingerprint density at radius 1 is 1.14 bits per heavy atom. The largest absolute Gasteiger partial charge is 0.323 e. The second kappa shape index (κ2) is 5.40. The Morgan fingerprint density at radius 3 is 2.62 bits per heavy atom. The number of amides is 2. The molecule has 1 N–H and O–H groups in total. The third-order valence-corrected chi connectivity index (χ3v) is 3.55. The van der Waals surface area contributed by atoms with Gasteiger partial charge in [0.15, 0.2) is 0 Å². The Kier molecular flexibility index (Phi) is 3.44. The molecule has 0 saturated heterocycles. The summed E-state index contributed by atoms with van der Waals surface area (Å²) in [5.41, 5.74) is 3.56. The normalized spacial score (nSPS) is 13.6. The van der Waals surface area contributed by atoms with Gasteiger partial charge in [0.2, 0.25) is 11.8 Å². The second-order valence-electron chi connectivity index (χ2n) is 5.21. The molecule has 21 heavy (non-hydrogen) atoms. The van der Waals surface area contributed by atoms with Crippen LogP contribution in [-0.2, 0) is 16.0 Å². The molecular formula is C17H16N2O2. The number of nitrogens with one attached hydrogen (secondary N) is 1. The zero-order valence-electron chi connectivity index (χ0n) is 11.8. The summed E-state index contributed by atoms with van der Waals surface area (Å²) in [6.45, 7) is 2.08. The number of rotatable bonds is 2. The van der Waals surface area contributed by atoms with Crippen molar-refractivity contribution < 1.29 is 9.59 Å². The van der Waals surface area contributed by atoms with Gasteiger partial charge in [0.25, 0.3) is 0 Å². The van der Waals surface area contributed by atoms with E-state index >= 15 is 0 Å². The van der Waals surface area contributed by atoms with Crippen molar-refractivity contribution in [3.8, 4) is 0 Å². The molecule has 0 bridgehead atoms. The highest BCUT2D eigenvalue weighted by molar-refractivity contribution is 6.10. The fraction of sp³-hybridized carbons (Fsp3) is 0.176. The Bertz CT molecular complexity index is 692. The molecule has 0 atom stereocenters. The maximum Gasteiger partial charge on any atom is 0.244 e. The van der Waals surface area contributed by atoms with E-state index in [9.17, 15) is 9.59 Å². The van der Waals surface area contributed by atoms with Gasteiger partial charge < -0.3 is 10.2 Å². The van der Waals surface area contributed by atoms with Gasteiger partial charge in [0, 0.05) is 0 Å². The summed E-state index contributed by atoms with van der Waals surface area (Å²) in [6.07, 6.45) is 0.294. The van der Waals surface area contributed by atoms with Crippen molar-refractivity contribution >= 4 is 23.2 Å². The van der Waals surface area contributed by atoms with Crippen molar-refractivity contribution in [3.05, 3.63) is 59.7 Å². The lowest BCUT2D eigenvalue weighted by Crippen LogP contribution is -2.42. The first-order chi connectivity index (χ1) is 10.1. The van der Waals surface area contributed by atoms with Crippen molar-refractivity contribution in [2.75, 3.05) is 16.8 Å². The minimum Gasteiger partial charge on any atom is -0.323 e. The molecule has 0 aliphatic carbocycles. The first kappa shape index (κ1) is 13.4. The van der Waals surface area contributed by atoms with Crippen molar-refractivity contribution in [1.29, 1.82) is 0 Å². The molecule has 0 fully saturated rings. The smallest absolute Gasteiger partial charge is 0.244 e. The minimum absolute atomic E-state index is 0.0684. The molecule has 4 heteroatoms. The molecule has 106 valence electrons. The van der Waals surface area contributed by atoms with E-state index < -0.39 is 0 Å². The Morgan fingerprint density at radius 2 is 1.86 bits per heavy atom. The van der Waals surface area contributed by atoms with Gasteiger partial charge in [-0.25, -0.2) is 0 Å². The number of carbonyl (C=O) groups excluding carboxylic acids is 2. The van der Waals surface area contributed by atoms with Crippen LogP contribution in [0.15, 0.2) is 48.5 Å². The van der Waals surface area contributed by atoms with E-state index in [1.165, 1.54) is 0 Å². The molecule has 0 spiro atoms. The van der Waals surface area contributed by atoms with Gasteiger partial charge in [-0.15, -0.1) is 0 Å². The number of para-hydroxylation sites is 2. The van der Waals surface area contributed by atoms with Gasteiger partial charge >= 0.3 is 0 Å². The van der Waals surface area contributed by atoms with Crippen molar-refractivity contribution in [1.82, 2.24) is 0 Å². The summed E-state index contributed by atoms with van der Waals surface area (Å²) in [6, 6.07) is 15.2. The van der Waals surface area contributed by atoms with Gasteiger partial charge in [0.1, 0.15) is 6.54 Å². The molecule has 1 aliphatic rings. The second-order valence-corrected chi connectivity index (χ2v) is 5.21. The number of hydrogen-bond acceptors (Lipinski definition) is 2. The minimum atomic E-state index is -0.161. The third kappa shape index (κ3) is 2.79. The predicted molar refractivity (Wildman–Crippen MR) is 82.3 cm³/mol. The third-order valence-electron chi connectivity index (χ3n) is 3.55. The van der Waals surface area contributed by atoms with Crippen molar-refractivity contribution in [2.45, 2.75) is 13.3 Å². The maximum atomic E-state index is 12.5. The van der Waals surface area contributed by atoms with E-state index in [-0.39, 0.29) is 18.4 Å². The fourth-order valence-corrected chi connectivity index (χ4v) is 2.43. The summed E-state index contributed by atoms with van der Waals surface area (Å²) in [5, 5.41) is 2.78. The highest BCUT2D eigenvalue weighted by Gasteiger charge is 2.26. The van der Waals surface area contributed by atoms with E-state index in [0.717, 1.165) is 16.8 Å². The monoisotopic (exact) mass is 280 g/mol. The van der Waals surface area contributed by atoms with E-state index in [2.05, 4.69) is 5.32 Å². The van der Waals surface area contributed by atoms with Gasteiger partial charge in [-0.05, 0) is 24.6 Å². The SMILES string of the molecule is Cc1ccc(CC(=O)N2CC(=O)Nc3ccccc32)cc1. The first-order valence-electron chi connectivity index (χ1n) is 6.88. The Labute approximate surface area is 123 Å². The van der Waals surface area contributed by atoms with Crippen LogP contribution in [0.4, 0.5) is 11.4 Å². The predicted octanol–water partition coefficient (Wildman–Crippen LogP) is 2.52. The van der Waals surface area contributed by atoms with Crippen LogP contribution in [0, 0.1) is 6.92 Å². The lowest BCUT2D eigenvalue weighted by Gasteiger charge is -2.29. The average Bonchev–Trinajstić information content (AvgIpc) is 2.48. The lowest BCUT2D eigenvalue weighted by atomic mass is 10.1. The van der Waals surface area contributed by atoms with Crippen LogP contribution in [0.2, 0.25) is 0 Å². The number of aryl methyl sites for hydroxylation is 1. The fourth-order valence-electron chi connectivity index (χ4n) is 2.43. The molecular weight excluding hydrogens is 264 g/mol. The van der Waals surface area contributed by atoms with Gasteiger partial charge in [-0.3, -0.25) is 9.59 Å². The standard InChI is InChI=1S/C17H16N2O2/c1-12-6-8-13(9-7-12)10-17(21)19-11-16(20)18-14-4-2-3-5-15(14)19/h2-9H,10-11H2,1H3,(H,18,20). The van der Waals surface area contributed by atoms with Crippen molar-refractivity contribution in [3.63, 3.8) is 0 Å². The summed E-state index contributed by atoms with van der Waals surface area (Å²) >= 11 is 0. The van der Waals surface area contributed by atoms with Crippen molar-refractivity contribution in [2.24, 2.45) is 0 Å². The van der Waals surface area contributed by atoms with Crippen LogP contribution in [0.5, 0.6) is 0 Å². The summed E-state index contributed by atoms with van der Waals surface area (Å²) < 4.78 is 0. The van der Waals surface area contributed by atoms with Gasteiger partial charge in [-0.1, -0.05) is 42.0 Å². The van der Waals surface area contributed by atoms with Gasteiger partial charge in [0.05, 0.1) is 17.8 Å². The average molecular weight is 280 g/mol. The lowest BCUT2D eigenvalue weighted by molar-refractivity contribution is -0.121. The highest BCUT2D eigenvalue weighted by Crippen LogP contribution is 2.29. The summed E-state index contributed by atoms with van der Waals surface area (Å²) in [5.74, 6) is -0.230. The Hall–Kier alpha value is -2.62. The van der Waals surface area contributed by atoms with Crippen LogP contribution in [0.1, 0.15) is 11.1 Å². The number of carbonyl (C=O) groups is 2. The molecule has 0 aromatic heterocycles. The number of anilines is 2. The highest BCUT2D eigenvalue weighted by atomic mass is 16.2. The van der Waals surface area contributed by atoms with Gasteiger partial charge in [-0.2, -0.15) is 0 Å². The number of hydrogen-bond donors (Lipinski definition) is 1. The topological polar surface area (TPSA) is 49.4 Å². The van der Waals surface area contributed by atoms with Crippen LogP contribution in [0.3, 0.4) is 0 Å². The first-order valence-corrected chi connectivity index (χ1v) is 6.88. The molecule has 2 aromatic rings. The zero-order valence-corrected chi connectivity index (χ0v) is 11.8. The molecule has 4 nitrogen and oxygen atoms in total. The number of fused-ring (bicyclic) bond motifs is 1. The van der Waals surface area contributed by atoms with Crippen LogP contribution in [0.25, 0.3) is 0 Å². The van der Waals surface area contributed by atoms with Crippen LogP contribution in [-0.4, -0.2) is 18.4 Å². The number of benzene rings is 2. The van der Waals surface area contributed by atoms with Crippen LogP contribution < -0.4 is 10.2 Å². The quantitative estimate of drug-likeness (QED) is 0.919. The van der Waals surface area contributed by atoms with E-state index in [0.29, 0.717) is 12.1 Å². The maximum absolute atomic E-state index is 12.5. The number of nitrogens with zero attached hydrogens (tertiary/aromatic N) is 1. The molecule has 3 rings (SSSR count). The molecule has 1 heterocycles. The summed E-state index contributed by atoms with van der Waals surface area (Å²) in [7, 11) is 0. The summed E-state index contributed by atoms with van der Waals surface area (Å²) in [4.78, 5) is 25.8. The molecule has 1 aliphatic heterocycles. The molecule has 2 amide bonds. The Balaban J connectivity index is 1.84. The zero-order chi connectivity index (χ0) is 14.8. The van der Waals surface area contributed by atoms with E-state index in [4.69, 9.17) is 0 Å². The van der Waals surface area contributed by atoms with Crippen LogP contribution >= 0.6 is 0 Å². The molecule has 0 unspecified atom stereocenters. The van der Waals surface area contributed by atoms with E-state index in [1.807, 2.05) is 49.4 Å². The molecule has 0 radical (unpaired) electrons. The van der Waals surface area contributed by atoms with E-state index in [1.54, 1.807) is 11.0 Å².